The van der Waals surface area contributed by atoms with Crippen LogP contribution in [0.1, 0.15) is 46.0 Å². The van der Waals surface area contributed by atoms with Gasteiger partial charge in [0.1, 0.15) is 0 Å². The highest BCUT2D eigenvalue weighted by Crippen LogP contribution is 2.31. The van der Waals surface area contributed by atoms with E-state index in [-0.39, 0.29) is 0 Å². The quantitative estimate of drug-likeness (QED) is 0.649. The van der Waals surface area contributed by atoms with Gasteiger partial charge in [-0.1, -0.05) is 67.5 Å². The Balaban J connectivity index is 0.00000106. The Hall–Kier alpha value is -1.34. The summed E-state index contributed by atoms with van der Waals surface area (Å²) in [6.07, 6.45) is 21.3. The number of allylic oxidation sites excluding steroid dienone is 7. The van der Waals surface area contributed by atoms with E-state index in [4.69, 9.17) is 0 Å². The van der Waals surface area contributed by atoms with Crippen LogP contribution in [0.25, 0.3) is 0 Å². The normalized spacial score (nSPS) is 21.8. The van der Waals surface area contributed by atoms with Crippen molar-refractivity contribution in [2.45, 2.75) is 52.0 Å². The zero-order valence-electron chi connectivity index (χ0n) is 13.9. The molecule has 2 aliphatic rings. The van der Waals surface area contributed by atoms with Crippen LogP contribution in [0, 0.1) is 5.92 Å². The standard InChI is InChI=1S/C18H25N.C2H6/c1-3-9-16(15-10-5-4-6-11-15)14-17-12-7-8-13-18(17)19-2;1-2/h3-5,7-8,10,12,16,18-19H,1,6,9,11,13-14H2,2H3;1-2H3. The Morgan fingerprint density at radius 2 is 2.05 bits per heavy atom. The smallest absolute Gasteiger partial charge is 0.0314 e. The van der Waals surface area contributed by atoms with Crippen molar-refractivity contribution in [3.8, 4) is 0 Å². The van der Waals surface area contributed by atoms with Gasteiger partial charge < -0.3 is 5.32 Å². The van der Waals surface area contributed by atoms with Crippen molar-refractivity contribution in [2.75, 3.05) is 7.05 Å². The van der Waals surface area contributed by atoms with Gasteiger partial charge in [0.15, 0.2) is 0 Å². The van der Waals surface area contributed by atoms with Gasteiger partial charge in [-0.3, -0.25) is 0 Å². The van der Waals surface area contributed by atoms with Crippen molar-refractivity contribution >= 4 is 0 Å². The van der Waals surface area contributed by atoms with E-state index < -0.39 is 0 Å². The van der Waals surface area contributed by atoms with Crippen molar-refractivity contribution in [3.63, 3.8) is 0 Å². The highest BCUT2D eigenvalue weighted by Gasteiger charge is 2.20. The summed E-state index contributed by atoms with van der Waals surface area (Å²) in [6.45, 7) is 7.93. The highest BCUT2D eigenvalue weighted by molar-refractivity contribution is 5.28. The third-order valence-corrected chi connectivity index (χ3v) is 4.12. The average Bonchev–Trinajstić information content (AvgIpc) is 2.57. The van der Waals surface area contributed by atoms with Crippen molar-refractivity contribution < 1.29 is 0 Å². The van der Waals surface area contributed by atoms with Crippen LogP contribution in [0.3, 0.4) is 0 Å². The molecule has 0 aromatic rings. The first kappa shape index (κ1) is 17.7. The Morgan fingerprint density at radius 3 is 2.67 bits per heavy atom. The minimum absolute atomic E-state index is 0.511. The van der Waals surface area contributed by atoms with Gasteiger partial charge in [-0.05, 0) is 45.1 Å². The van der Waals surface area contributed by atoms with Crippen molar-refractivity contribution in [3.05, 3.63) is 60.3 Å². The Labute approximate surface area is 131 Å². The first-order chi connectivity index (χ1) is 10.3. The maximum Gasteiger partial charge on any atom is 0.0314 e. The lowest BCUT2D eigenvalue weighted by atomic mass is 9.82. The second-order valence-electron chi connectivity index (χ2n) is 5.38. The van der Waals surface area contributed by atoms with Crippen LogP contribution in [0.5, 0.6) is 0 Å². The Kier molecular flexibility index (Phi) is 8.77. The molecule has 1 nitrogen and oxygen atoms in total. The Bertz CT molecular complexity index is 423. The van der Waals surface area contributed by atoms with E-state index in [1.807, 2.05) is 13.8 Å². The number of hydrogen-bond donors (Lipinski definition) is 1. The van der Waals surface area contributed by atoms with E-state index >= 15 is 0 Å². The predicted octanol–water partition coefficient (Wildman–Crippen LogP) is 5.35. The van der Waals surface area contributed by atoms with Gasteiger partial charge in [0.2, 0.25) is 0 Å². The molecule has 0 aromatic heterocycles. The van der Waals surface area contributed by atoms with E-state index in [1.165, 1.54) is 18.4 Å². The largest absolute Gasteiger partial charge is 0.313 e. The summed E-state index contributed by atoms with van der Waals surface area (Å²) in [5.41, 5.74) is 3.13. The average molecular weight is 285 g/mol. The summed E-state index contributed by atoms with van der Waals surface area (Å²) >= 11 is 0. The van der Waals surface area contributed by atoms with Gasteiger partial charge in [-0.15, -0.1) is 6.58 Å². The maximum absolute atomic E-state index is 3.93. The fourth-order valence-electron chi connectivity index (χ4n) is 3.00. The van der Waals surface area contributed by atoms with Gasteiger partial charge in [0.25, 0.3) is 0 Å². The summed E-state index contributed by atoms with van der Waals surface area (Å²) in [5.74, 6) is 0.621. The summed E-state index contributed by atoms with van der Waals surface area (Å²) in [4.78, 5) is 0. The van der Waals surface area contributed by atoms with Crippen LogP contribution in [-0.2, 0) is 0 Å². The zero-order chi connectivity index (χ0) is 15.5. The van der Waals surface area contributed by atoms with Gasteiger partial charge in [0, 0.05) is 6.04 Å². The number of likely N-dealkylation sites (N-methyl/N-ethyl adjacent to an activating group) is 1. The first-order valence-electron chi connectivity index (χ1n) is 8.34. The first-order valence-corrected chi connectivity index (χ1v) is 8.34. The van der Waals surface area contributed by atoms with E-state index in [1.54, 1.807) is 5.57 Å². The summed E-state index contributed by atoms with van der Waals surface area (Å²) < 4.78 is 0. The summed E-state index contributed by atoms with van der Waals surface area (Å²) in [7, 11) is 2.06. The van der Waals surface area contributed by atoms with E-state index in [2.05, 4.69) is 61.5 Å². The molecule has 0 bridgehead atoms. The third kappa shape index (κ3) is 5.51. The predicted molar refractivity (Wildman–Crippen MR) is 95.4 cm³/mol. The second-order valence-corrected chi connectivity index (χ2v) is 5.38. The lowest BCUT2D eigenvalue weighted by molar-refractivity contribution is 0.532. The SMILES string of the molecule is C=CCC(CC1=CC=CCC1NC)C1=CC=CCC1.CC. The van der Waals surface area contributed by atoms with Crippen LogP contribution in [0.4, 0.5) is 0 Å². The van der Waals surface area contributed by atoms with Crippen LogP contribution in [-0.4, -0.2) is 13.1 Å². The molecule has 2 unspecified atom stereocenters. The molecular formula is C20H31N. The fourth-order valence-corrected chi connectivity index (χ4v) is 3.00. The van der Waals surface area contributed by atoms with Crippen molar-refractivity contribution in [1.29, 1.82) is 0 Å². The molecule has 2 aliphatic carbocycles. The van der Waals surface area contributed by atoms with Gasteiger partial charge >= 0.3 is 0 Å². The van der Waals surface area contributed by atoms with Crippen molar-refractivity contribution in [1.82, 2.24) is 5.32 Å². The number of hydrogen-bond acceptors (Lipinski definition) is 1. The molecule has 0 aromatic carbocycles. The zero-order valence-corrected chi connectivity index (χ0v) is 13.9. The monoisotopic (exact) mass is 285 g/mol. The van der Waals surface area contributed by atoms with Gasteiger partial charge in [-0.25, -0.2) is 0 Å². The topological polar surface area (TPSA) is 12.0 Å². The molecule has 2 rings (SSSR count). The van der Waals surface area contributed by atoms with Crippen LogP contribution in [0.2, 0.25) is 0 Å². The maximum atomic E-state index is 3.93. The molecule has 0 saturated heterocycles. The summed E-state index contributed by atoms with van der Waals surface area (Å²) in [5, 5.41) is 3.43. The molecule has 0 amide bonds. The summed E-state index contributed by atoms with van der Waals surface area (Å²) in [6, 6.07) is 0.511. The molecule has 0 aliphatic heterocycles. The lowest BCUT2D eigenvalue weighted by Gasteiger charge is -2.27. The van der Waals surface area contributed by atoms with Crippen LogP contribution in [0.15, 0.2) is 60.3 Å². The molecule has 1 N–H and O–H groups in total. The molecule has 116 valence electrons. The Morgan fingerprint density at radius 1 is 1.29 bits per heavy atom. The molecule has 0 spiro atoms. The van der Waals surface area contributed by atoms with Crippen LogP contribution >= 0.6 is 0 Å². The van der Waals surface area contributed by atoms with E-state index in [9.17, 15) is 0 Å². The lowest BCUT2D eigenvalue weighted by Crippen LogP contribution is -2.29. The fraction of sp³-hybridized carbons (Fsp3) is 0.500. The molecule has 0 fully saturated rings. The molecule has 2 atom stereocenters. The van der Waals surface area contributed by atoms with Gasteiger partial charge in [-0.2, -0.15) is 0 Å². The van der Waals surface area contributed by atoms with Crippen molar-refractivity contribution in [2.24, 2.45) is 5.92 Å². The van der Waals surface area contributed by atoms with Gasteiger partial charge in [0.05, 0.1) is 0 Å². The van der Waals surface area contributed by atoms with E-state index in [0.29, 0.717) is 12.0 Å². The second kappa shape index (κ2) is 10.4. The van der Waals surface area contributed by atoms with Crippen LogP contribution < -0.4 is 5.32 Å². The molecular weight excluding hydrogens is 254 g/mol. The molecule has 0 radical (unpaired) electrons. The highest BCUT2D eigenvalue weighted by atomic mass is 14.9. The molecule has 0 heterocycles. The minimum Gasteiger partial charge on any atom is -0.313 e. The molecule has 1 heteroatoms. The van der Waals surface area contributed by atoms with E-state index in [0.717, 1.165) is 19.3 Å². The molecule has 0 saturated carbocycles. The molecule has 21 heavy (non-hydrogen) atoms. The minimum atomic E-state index is 0.511. The number of nitrogens with one attached hydrogen (secondary N) is 1. The number of rotatable bonds is 6. The third-order valence-electron chi connectivity index (χ3n) is 4.12.